The lowest BCUT2D eigenvalue weighted by molar-refractivity contribution is -0.131. The molecule has 3 heterocycles. The number of nitrogens with zero attached hydrogens (tertiary/aromatic N) is 4. The Bertz CT molecular complexity index is 1790. The number of nitrogens with one attached hydrogen (secondary N) is 2. The summed E-state index contributed by atoms with van der Waals surface area (Å²) in [6.07, 6.45) is 9.66. The summed E-state index contributed by atoms with van der Waals surface area (Å²) in [6, 6.07) is 9.37. The predicted octanol–water partition coefficient (Wildman–Crippen LogP) is 5.98. The van der Waals surface area contributed by atoms with Crippen LogP contribution in [0.5, 0.6) is 5.88 Å². The van der Waals surface area contributed by atoms with E-state index in [9.17, 15) is 14.4 Å². The van der Waals surface area contributed by atoms with Crippen molar-refractivity contribution in [1.29, 1.82) is 0 Å². The molecule has 0 aliphatic heterocycles. The van der Waals surface area contributed by atoms with Gasteiger partial charge >= 0.3 is 5.97 Å². The first-order valence-corrected chi connectivity index (χ1v) is 15.2. The Kier molecular flexibility index (Phi) is 9.19. The fraction of sp³-hybridized carbons (Fsp3) is 0.333. The lowest BCUT2D eigenvalue weighted by Gasteiger charge is -2.25. The molecule has 0 spiro atoms. The van der Waals surface area contributed by atoms with Crippen molar-refractivity contribution in [2.45, 2.75) is 57.9 Å². The third kappa shape index (κ3) is 6.83. The van der Waals surface area contributed by atoms with E-state index in [0.29, 0.717) is 16.5 Å². The number of aromatic nitrogens is 4. The van der Waals surface area contributed by atoms with Crippen LogP contribution in [-0.2, 0) is 16.6 Å². The van der Waals surface area contributed by atoms with Gasteiger partial charge in [0.25, 0.3) is 11.8 Å². The minimum Gasteiger partial charge on any atom is -0.478 e. The maximum absolute atomic E-state index is 13.5. The molecule has 4 aromatic rings. The van der Waals surface area contributed by atoms with E-state index >= 15 is 0 Å². The number of amides is 2. The minimum absolute atomic E-state index is 0.0654. The van der Waals surface area contributed by atoms with Gasteiger partial charge in [-0.1, -0.05) is 30.5 Å². The van der Waals surface area contributed by atoms with Gasteiger partial charge in [0.15, 0.2) is 5.82 Å². The molecule has 0 unspecified atom stereocenters. The zero-order chi connectivity index (χ0) is 32.3. The topological polar surface area (TPSA) is 148 Å². The highest BCUT2D eigenvalue weighted by Gasteiger charge is 2.32. The molecule has 1 aliphatic rings. The van der Waals surface area contributed by atoms with Crippen LogP contribution in [-0.4, -0.2) is 54.6 Å². The van der Waals surface area contributed by atoms with Crippen molar-refractivity contribution in [2.75, 3.05) is 11.9 Å². The van der Waals surface area contributed by atoms with Crippen LogP contribution in [0.3, 0.4) is 0 Å². The van der Waals surface area contributed by atoms with E-state index in [-0.39, 0.29) is 24.0 Å². The Morgan fingerprint density at radius 2 is 1.89 bits per heavy atom. The molecule has 12 heteroatoms. The molecule has 3 N–H and O–H groups in total. The second-order valence-corrected chi connectivity index (χ2v) is 11.9. The molecule has 0 bridgehead atoms. The molecule has 1 aromatic carbocycles. The van der Waals surface area contributed by atoms with Crippen LogP contribution >= 0.6 is 11.6 Å². The first-order valence-electron chi connectivity index (χ1n) is 14.8. The Hall–Kier alpha value is -4.77. The number of fused-ring (bicyclic) bond motifs is 1. The van der Waals surface area contributed by atoms with Crippen LogP contribution in [0.1, 0.15) is 74.0 Å². The van der Waals surface area contributed by atoms with E-state index in [0.717, 1.165) is 41.2 Å². The predicted molar refractivity (Wildman–Crippen MR) is 172 cm³/mol. The molecule has 45 heavy (non-hydrogen) atoms. The standard InChI is InChI=1S/C33H35ClN6O5/c1-5-45-31-24(14-15-27(41)42)36-18-26(37-31)38-32(44)33(2,3)39-30(43)20-10-12-22-25(16-20)40(4)29(23-13-11-21(34)17-35-23)28(22)19-8-6-7-9-19/h10-19H,5-9H2,1-4H3,(H,39,43)(H,41,42)(H,37,38,44)/b15-14+. The van der Waals surface area contributed by atoms with Crippen molar-refractivity contribution < 1.29 is 24.2 Å². The summed E-state index contributed by atoms with van der Waals surface area (Å²) in [5.74, 6) is -1.53. The summed E-state index contributed by atoms with van der Waals surface area (Å²) in [5, 5.41) is 16.1. The van der Waals surface area contributed by atoms with E-state index in [4.69, 9.17) is 21.4 Å². The van der Waals surface area contributed by atoms with E-state index in [2.05, 4.69) is 30.2 Å². The average molecular weight is 631 g/mol. The molecule has 11 nitrogen and oxygen atoms in total. The number of carbonyl (C=O) groups is 3. The van der Waals surface area contributed by atoms with Gasteiger partial charge in [-0.15, -0.1) is 0 Å². The number of aryl methyl sites for hydroxylation is 1. The fourth-order valence-corrected chi connectivity index (χ4v) is 5.81. The van der Waals surface area contributed by atoms with E-state index in [1.807, 2.05) is 31.3 Å². The zero-order valence-electron chi connectivity index (χ0n) is 25.6. The third-order valence-electron chi connectivity index (χ3n) is 7.90. The number of carboxylic acids is 1. The zero-order valence-corrected chi connectivity index (χ0v) is 26.3. The SMILES string of the molecule is CCOc1nc(NC(=O)C(C)(C)NC(=O)c2ccc3c(C4CCCC4)c(-c4ccc(Cl)cn4)n(C)c3c2)cnc1/C=C/C(=O)O. The number of hydrogen-bond donors (Lipinski definition) is 3. The van der Waals surface area contributed by atoms with Gasteiger partial charge in [0.1, 0.15) is 11.2 Å². The molecular weight excluding hydrogens is 596 g/mol. The van der Waals surface area contributed by atoms with Crippen LogP contribution in [0.4, 0.5) is 5.82 Å². The molecule has 0 radical (unpaired) electrons. The second-order valence-electron chi connectivity index (χ2n) is 11.5. The number of aliphatic carboxylic acids is 1. The summed E-state index contributed by atoms with van der Waals surface area (Å²) >= 11 is 6.13. The summed E-state index contributed by atoms with van der Waals surface area (Å²) in [6.45, 7) is 5.18. The van der Waals surface area contributed by atoms with Crippen molar-refractivity contribution in [1.82, 2.24) is 24.8 Å². The van der Waals surface area contributed by atoms with Crippen molar-refractivity contribution >= 4 is 52.2 Å². The van der Waals surface area contributed by atoms with Crippen LogP contribution < -0.4 is 15.4 Å². The molecule has 5 rings (SSSR count). The normalized spacial score (nSPS) is 13.8. The summed E-state index contributed by atoms with van der Waals surface area (Å²) in [5.41, 5.74) is 3.26. The molecular formula is C33H35ClN6O5. The highest BCUT2D eigenvalue weighted by atomic mass is 35.5. The van der Waals surface area contributed by atoms with Crippen molar-refractivity contribution in [3.8, 4) is 17.3 Å². The molecule has 3 aromatic heterocycles. The number of rotatable bonds is 10. The van der Waals surface area contributed by atoms with Gasteiger partial charge in [0, 0.05) is 35.8 Å². The summed E-state index contributed by atoms with van der Waals surface area (Å²) in [4.78, 5) is 50.7. The van der Waals surface area contributed by atoms with Gasteiger partial charge in [0.05, 0.1) is 29.2 Å². The van der Waals surface area contributed by atoms with Gasteiger partial charge in [-0.25, -0.2) is 9.78 Å². The minimum atomic E-state index is -1.33. The Balaban J connectivity index is 1.39. The van der Waals surface area contributed by atoms with Crippen molar-refractivity contribution in [3.63, 3.8) is 0 Å². The number of pyridine rings is 1. The monoisotopic (exact) mass is 630 g/mol. The number of carboxylic acid groups (broad SMARTS) is 1. The van der Waals surface area contributed by atoms with Gasteiger partial charge in [0.2, 0.25) is 5.88 Å². The molecule has 1 fully saturated rings. The molecule has 0 atom stereocenters. The number of benzene rings is 1. The Morgan fingerprint density at radius 1 is 1.13 bits per heavy atom. The fourth-order valence-electron chi connectivity index (χ4n) is 5.69. The van der Waals surface area contributed by atoms with Crippen LogP contribution in [0.25, 0.3) is 28.4 Å². The highest BCUT2D eigenvalue weighted by Crippen LogP contribution is 2.44. The number of ether oxygens (including phenoxy) is 1. The van der Waals surface area contributed by atoms with Crippen LogP contribution in [0, 0.1) is 0 Å². The van der Waals surface area contributed by atoms with Crippen molar-refractivity contribution in [2.24, 2.45) is 7.05 Å². The smallest absolute Gasteiger partial charge is 0.328 e. The third-order valence-corrected chi connectivity index (χ3v) is 8.13. The van der Waals surface area contributed by atoms with Crippen LogP contribution in [0.15, 0.2) is 48.8 Å². The molecule has 2 amide bonds. The van der Waals surface area contributed by atoms with E-state index in [1.165, 1.54) is 30.7 Å². The number of carbonyl (C=O) groups excluding carboxylic acids is 2. The Morgan fingerprint density at radius 3 is 2.56 bits per heavy atom. The number of hydrogen-bond acceptors (Lipinski definition) is 7. The summed E-state index contributed by atoms with van der Waals surface area (Å²) in [7, 11) is 1.98. The highest BCUT2D eigenvalue weighted by molar-refractivity contribution is 6.30. The second kappa shape index (κ2) is 13.1. The number of halogens is 1. The lowest BCUT2D eigenvalue weighted by Crippen LogP contribution is -2.52. The Labute approximate surface area is 265 Å². The maximum Gasteiger partial charge on any atom is 0.328 e. The van der Waals surface area contributed by atoms with E-state index < -0.39 is 23.3 Å². The maximum atomic E-state index is 13.5. The van der Waals surface area contributed by atoms with Crippen molar-refractivity contribution in [3.05, 3.63) is 70.6 Å². The first-order chi connectivity index (χ1) is 21.5. The van der Waals surface area contributed by atoms with Gasteiger partial charge in [-0.2, -0.15) is 4.98 Å². The van der Waals surface area contributed by atoms with Crippen LogP contribution in [0.2, 0.25) is 5.02 Å². The largest absolute Gasteiger partial charge is 0.478 e. The van der Waals surface area contributed by atoms with Gasteiger partial charge in [-0.05, 0) is 75.4 Å². The first kappa shape index (κ1) is 31.6. The quantitative estimate of drug-likeness (QED) is 0.181. The lowest BCUT2D eigenvalue weighted by atomic mass is 9.93. The van der Waals surface area contributed by atoms with Gasteiger partial charge < -0.3 is 25.0 Å². The van der Waals surface area contributed by atoms with E-state index in [1.54, 1.807) is 33.0 Å². The average Bonchev–Trinajstić information content (AvgIpc) is 3.63. The summed E-state index contributed by atoms with van der Waals surface area (Å²) < 4.78 is 7.55. The molecule has 1 aliphatic carbocycles. The molecule has 234 valence electrons. The molecule has 1 saturated carbocycles. The van der Waals surface area contributed by atoms with Gasteiger partial charge in [-0.3, -0.25) is 14.6 Å². The molecule has 0 saturated heterocycles. The number of anilines is 1.